The molecule has 2 nitrogen and oxygen atoms in total. The Morgan fingerprint density at radius 3 is 2.35 bits per heavy atom. The van der Waals surface area contributed by atoms with Crippen LogP contribution in [0.25, 0.3) is 0 Å². The minimum Gasteiger partial charge on any atom is -0.382 e. The summed E-state index contributed by atoms with van der Waals surface area (Å²) in [6.07, 6.45) is 3.05. The number of hydrogen-bond donors (Lipinski definition) is 0. The van der Waals surface area contributed by atoms with Crippen molar-refractivity contribution in [2.75, 3.05) is 13.2 Å². The van der Waals surface area contributed by atoms with Gasteiger partial charge in [-0.2, -0.15) is 0 Å². The van der Waals surface area contributed by atoms with Crippen molar-refractivity contribution in [2.45, 2.75) is 39.5 Å². The highest BCUT2D eigenvalue weighted by Crippen LogP contribution is 2.07. The highest BCUT2D eigenvalue weighted by Gasteiger charge is 2.03. The van der Waals surface area contributed by atoms with Crippen molar-refractivity contribution >= 4 is 5.78 Å². The van der Waals surface area contributed by atoms with Crippen LogP contribution in [0.2, 0.25) is 0 Å². The van der Waals surface area contributed by atoms with Crippen LogP contribution in [-0.2, 0) is 22.4 Å². The van der Waals surface area contributed by atoms with E-state index in [1.54, 1.807) is 0 Å². The van der Waals surface area contributed by atoms with Crippen LogP contribution < -0.4 is 0 Å². The first-order chi connectivity index (χ1) is 8.26. The van der Waals surface area contributed by atoms with Gasteiger partial charge >= 0.3 is 0 Å². The molecule has 0 aromatic heterocycles. The summed E-state index contributed by atoms with van der Waals surface area (Å²) in [5.74, 6) is 0.300. The highest BCUT2D eigenvalue weighted by atomic mass is 16.5. The third-order valence-electron chi connectivity index (χ3n) is 2.78. The normalized spacial score (nSPS) is 10.5. The third kappa shape index (κ3) is 5.64. The van der Waals surface area contributed by atoms with Crippen LogP contribution >= 0.6 is 0 Å². The van der Waals surface area contributed by atoms with E-state index in [9.17, 15) is 4.79 Å². The van der Waals surface area contributed by atoms with E-state index in [0.717, 1.165) is 25.0 Å². The summed E-state index contributed by atoms with van der Waals surface area (Å²) in [6, 6.07) is 8.31. The Morgan fingerprint density at radius 2 is 1.76 bits per heavy atom. The summed E-state index contributed by atoms with van der Waals surface area (Å²) in [5.41, 5.74) is 2.43. The molecule has 94 valence electrons. The number of Topliss-reactive ketones (excluding diaryl/α,β-unsaturated/α-hetero) is 1. The monoisotopic (exact) mass is 234 g/mol. The van der Waals surface area contributed by atoms with Gasteiger partial charge in [0.25, 0.3) is 0 Å². The molecule has 0 saturated carbocycles. The minimum atomic E-state index is 0.300. The van der Waals surface area contributed by atoms with E-state index in [0.29, 0.717) is 25.2 Å². The van der Waals surface area contributed by atoms with E-state index in [-0.39, 0.29) is 0 Å². The van der Waals surface area contributed by atoms with Gasteiger partial charge in [-0.1, -0.05) is 31.2 Å². The predicted molar refractivity (Wildman–Crippen MR) is 70.3 cm³/mol. The Morgan fingerprint density at radius 1 is 1.12 bits per heavy atom. The fourth-order valence-corrected chi connectivity index (χ4v) is 1.72. The van der Waals surface area contributed by atoms with Crippen LogP contribution in [-0.4, -0.2) is 19.0 Å². The second-order valence-corrected chi connectivity index (χ2v) is 4.19. The van der Waals surface area contributed by atoms with Gasteiger partial charge in [0, 0.05) is 26.1 Å². The molecule has 0 aliphatic carbocycles. The van der Waals surface area contributed by atoms with Gasteiger partial charge in [0.05, 0.1) is 0 Å². The lowest BCUT2D eigenvalue weighted by Gasteiger charge is -2.03. The Bertz CT molecular complexity index is 327. The second-order valence-electron chi connectivity index (χ2n) is 4.19. The third-order valence-corrected chi connectivity index (χ3v) is 2.78. The minimum absolute atomic E-state index is 0.300. The number of carbonyl (C=O) groups excluding carboxylic acids is 1. The van der Waals surface area contributed by atoms with Gasteiger partial charge in [0.15, 0.2) is 0 Å². The molecule has 0 radical (unpaired) electrons. The summed E-state index contributed by atoms with van der Waals surface area (Å²) in [5, 5.41) is 0. The molecule has 0 heterocycles. The van der Waals surface area contributed by atoms with Gasteiger partial charge in [0.1, 0.15) is 5.78 Å². The zero-order chi connectivity index (χ0) is 12.5. The molecule has 0 atom stereocenters. The number of hydrogen-bond acceptors (Lipinski definition) is 2. The molecular formula is C15H22O2. The van der Waals surface area contributed by atoms with Crippen LogP contribution in [0.5, 0.6) is 0 Å². The fraction of sp³-hybridized carbons (Fsp3) is 0.533. The van der Waals surface area contributed by atoms with Crippen LogP contribution in [0, 0.1) is 0 Å². The number of ketones is 1. The molecule has 1 aromatic carbocycles. The molecule has 0 bridgehead atoms. The Kier molecular flexibility index (Phi) is 6.56. The molecule has 1 rings (SSSR count). The topological polar surface area (TPSA) is 26.3 Å². The fourth-order valence-electron chi connectivity index (χ4n) is 1.72. The zero-order valence-corrected chi connectivity index (χ0v) is 10.9. The average Bonchev–Trinajstić information content (AvgIpc) is 2.36. The van der Waals surface area contributed by atoms with E-state index >= 15 is 0 Å². The van der Waals surface area contributed by atoms with E-state index in [4.69, 9.17) is 4.74 Å². The Balaban J connectivity index is 2.29. The standard InChI is InChI=1S/C15H22O2/c1-3-13-7-9-14(10-8-13)12-15(16)6-5-11-17-4-2/h7-10H,3-6,11-12H2,1-2H3. The summed E-state index contributed by atoms with van der Waals surface area (Å²) in [4.78, 5) is 11.7. The summed E-state index contributed by atoms with van der Waals surface area (Å²) >= 11 is 0. The van der Waals surface area contributed by atoms with E-state index in [2.05, 4.69) is 31.2 Å². The SMILES string of the molecule is CCOCCCC(=O)Cc1ccc(CC)cc1. The molecule has 2 heteroatoms. The highest BCUT2D eigenvalue weighted by molar-refractivity contribution is 5.80. The number of rotatable bonds is 8. The van der Waals surface area contributed by atoms with Crippen molar-refractivity contribution in [1.82, 2.24) is 0 Å². The maximum absolute atomic E-state index is 11.7. The van der Waals surface area contributed by atoms with Crippen LogP contribution in [0.1, 0.15) is 37.8 Å². The molecule has 1 aromatic rings. The van der Waals surface area contributed by atoms with Crippen molar-refractivity contribution in [1.29, 1.82) is 0 Å². The van der Waals surface area contributed by atoms with Gasteiger partial charge in [-0.05, 0) is 30.9 Å². The Labute approximate surface area is 104 Å². The molecule has 0 amide bonds. The van der Waals surface area contributed by atoms with Crippen LogP contribution in [0.4, 0.5) is 0 Å². The quantitative estimate of drug-likeness (QED) is 0.646. The number of aryl methyl sites for hydroxylation is 1. The van der Waals surface area contributed by atoms with Gasteiger partial charge in [-0.25, -0.2) is 0 Å². The van der Waals surface area contributed by atoms with E-state index in [1.165, 1.54) is 5.56 Å². The smallest absolute Gasteiger partial charge is 0.137 e. The van der Waals surface area contributed by atoms with Gasteiger partial charge in [-0.15, -0.1) is 0 Å². The lowest BCUT2D eigenvalue weighted by molar-refractivity contribution is -0.118. The molecule has 17 heavy (non-hydrogen) atoms. The predicted octanol–water partition coefficient (Wildman–Crippen LogP) is 3.18. The largest absolute Gasteiger partial charge is 0.382 e. The van der Waals surface area contributed by atoms with Crippen molar-refractivity contribution in [3.8, 4) is 0 Å². The molecule has 0 saturated heterocycles. The van der Waals surface area contributed by atoms with E-state index < -0.39 is 0 Å². The Hall–Kier alpha value is -1.15. The summed E-state index contributed by atoms with van der Waals surface area (Å²) < 4.78 is 5.21. The summed E-state index contributed by atoms with van der Waals surface area (Å²) in [7, 11) is 0. The van der Waals surface area contributed by atoms with Crippen LogP contribution in [0.3, 0.4) is 0 Å². The molecule has 0 unspecified atom stereocenters. The van der Waals surface area contributed by atoms with Crippen molar-refractivity contribution in [3.05, 3.63) is 35.4 Å². The van der Waals surface area contributed by atoms with Crippen molar-refractivity contribution < 1.29 is 9.53 Å². The molecule has 0 aliphatic rings. The average molecular weight is 234 g/mol. The zero-order valence-electron chi connectivity index (χ0n) is 10.9. The van der Waals surface area contributed by atoms with Crippen molar-refractivity contribution in [2.24, 2.45) is 0 Å². The van der Waals surface area contributed by atoms with Gasteiger partial charge in [0.2, 0.25) is 0 Å². The van der Waals surface area contributed by atoms with Gasteiger partial charge in [-0.3, -0.25) is 4.79 Å². The van der Waals surface area contributed by atoms with Crippen LogP contribution in [0.15, 0.2) is 24.3 Å². The first kappa shape index (κ1) is 13.9. The van der Waals surface area contributed by atoms with Gasteiger partial charge < -0.3 is 4.74 Å². The lowest BCUT2D eigenvalue weighted by Crippen LogP contribution is -2.05. The van der Waals surface area contributed by atoms with E-state index in [1.807, 2.05) is 6.92 Å². The number of ether oxygens (including phenoxy) is 1. The number of carbonyl (C=O) groups is 1. The molecule has 0 aliphatic heterocycles. The first-order valence-corrected chi connectivity index (χ1v) is 6.43. The van der Waals surface area contributed by atoms with Crippen molar-refractivity contribution in [3.63, 3.8) is 0 Å². The molecule has 0 N–H and O–H groups in total. The molecule has 0 fully saturated rings. The molecular weight excluding hydrogens is 212 g/mol. The number of benzene rings is 1. The molecule has 0 spiro atoms. The maximum Gasteiger partial charge on any atom is 0.137 e. The maximum atomic E-state index is 11.7. The second kappa shape index (κ2) is 8.02. The lowest BCUT2D eigenvalue weighted by atomic mass is 10.0. The first-order valence-electron chi connectivity index (χ1n) is 6.43. The summed E-state index contributed by atoms with van der Waals surface area (Å²) in [6.45, 7) is 5.52.